The zero-order valence-electron chi connectivity index (χ0n) is 18.1. The van der Waals surface area contributed by atoms with Crippen molar-refractivity contribution in [2.24, 2.45) is 10.7 Å². The molecule has 0 radical (unpaired) electrons. The van der Waals surface area contributed by atoms with Crippen LogP contribution in [0, 0.1) is 0 Å². The number of ether oxygens (including phenoxy) is 1. The van der Waals surface area contributed by atoms with E-state index < -0.39 is 5.91 Å². The topological polar surface area (TPSA) is 102 Å². The summed E-state index contributed by atoms with van der Waals surface area (Å²) < 4.78 is 6.22. The molecule has 0 bridgehead atoms. The van der Waals surface area contributed by atoms with Crippen molar-refractivity contribution in [1.82, 2.24) is 10.0 Å². The number of amides is 1. The monoisotopic (exact) mass is 394 g/mol. The molecule has 1 amide bonds. The Morgan fingerprint density at radius 1 is 1.32 bits per heavy atom. The largest absolute Gasteiger partial charge is 0.385 e. The van der Waals surface area contributed by atoms with Crippen LogP contribution < -0.4 is 16.7 Å². The first-order valence-electron chi connectivity index (χ1n) is 9.79. The second-order valence-electron chi connectivity index (χ2n) is 5.51. The Hall–Kier alpha value is -2.38. The van der Waals surface area contributed by atoms with Gasteiger partial charge in [-0.25, -0.2) is 5.48 Å². The number of aromatic nitrogens is 1. The molecule has 7 nitrogen and oxygen atoms in total. The van der Waals surface area contributed by atoms with Crippen molar-refractivity contribution in [3.63, 3.8) is 0 Å². The van der Waals surface area contributed by atoms with Crippen LogP contribution in [-0.4, -0.2) is 35.9 Å². The summed E-state index contributed by atoms with van der Waals surface area (Å²) in [6, 6.07) is 3.65. The van der Waals surface area contributed by atoms with Crippen molar-refractivity contribution < 1.29 is 14.7 Å². The molecule has 0 saturated heterocycles. The van der Waals surface area contributed by atoms with Crippen LogP contribution in [0.4, 0.5) is 0 Å². The van der Waals surface area contributed by atoms with E-state index in [0.29, 0.717) is 5.82 Å². The third-order valence-electron chi connectivity index (χ3n) is 3.37. The molecule has 0 aliphatic carbocycles. The molecule has 0 aliphatic rings. The molecule has 1 rings (SSSR count). The molecule has 28 heavy (non-hydrogen) atoms. The lowest BCUT2D eigenvalue weighted by Crippen LogP contribution is -2.23. The van der Waals surface area contributed by atoms with Gasteiger partial charge in [0.15, 0.2) is 0 Å². The highest BCUT2D eigenvalue weighted by Gasteiger charge is 1.98. The third kappa shape index (κ3) is 13.8. The summed E-state index contributed by atoms with van der Waals surface area (Å²) in [4.78, 5) is 15.5. The van der Waals surface area contributed by atoms with E-state index in [-0.39, 0.29) is 0 Å². The van der Waals surface area contributed by atoms with E-state index in [1.165, 1.54) is 30.8 Å². The van der Waals surface area contributed by atoms with Gasteiger partial charge in [0.1, 0.15) is 11.3 Å². The van der Waals surface area contributed by atoms with Crippen LogP contribution in [0.1, 0.15) is 58.9 Å². The Morgan fingerprint density at radius 2 is 1.96 bits per heavy atom. The highest BCUT2D eigenvalue weighted by molar-refractivity contribution is 5.90. The fourth-order valence-corrected chi connectivity index (χ4v) is 1.91. The quantitative estimate of drug-likeness (QED) is 0.258. The van der Waals surface area contributed by atoms with Gasteiger partial charge in [-0.05, 0) is 37.1 Å². The van der Waals surface area contributed by atoms with Gasteiger partial charge >= 0.3 is 0 Å². The number of carbonyl (C=O) groups is 1. The Kier molecular flexibility index (Phi) is 19.3. The van der Waals surface area contributed by atoms with Gasteiger partial charge in [0, 0.05) is 32.5 Å². The number of methoxy groups -OCH3 is 1. The van der Waals surface area contributed by atoms with Gasteiger partial charge in [-0.15, -0.1) is 0 Å². The molecule has 0 atom stereocenters. The number of nitrogens with zero attached hydrogens (tertiary/aromatic N) is 2. The number of nitrogens with one attached hydrogen (secondary N) is 1. The molecular formula is C21H38N4O3. The first-order chi connectivity index (χ1) is 13.5. The molecule has 7 heteroatoms. The van der Waals surface area contributed by atoms with Crippen molar-refractivity contribution in [2.45, 2.75) is 53.4 Å². The molecule has 1 heterocycles. The minimum absolute atomic E-state index is 0.356. The summed E-state index contributed by atoms with van der Waals surface area (Å²) >= 11 is 0. The van der Waals surface area contributed by atoms with Gasteiger partial charge in [0.2, 0.25) is 0 Å². The second kappa shape index (κ2) is 19.4. The number of nitrogens with two attached hydrogens (primary N) is 1. The lowest BCUT2D eigenvalue weighted by atomic mass is 10.2. The standard InChI is InChI=1S/C16H24N4O2.C3H8O.C2H6/c1-3-4-5-6-11-18-15-9-7-14(8-10-16(21)19-22)12-20(15)13(2)17;1-3-4-2;1-2/h7-10,12,22H,2-6,11,17H2,1H3,(H,19,21);3H2,1-2H3;1-2H3/b10-8+,18-15?;;. The molecule has 160 valence electrons. The lowest BCUT2D eigenvalue weighted by Gasteiger charge is -2.08. The number of hydroxylamine groups is 1. The zero-order valence-corrected chi connectivity index (χ0v) is 18.1. The van der Waals surface area contributed by atoms with Gasteiger partial charge in [-0.2, -0.15) is 0 Å². The van der Waals surface area contributed by atoms with E-state index in [0.717, 1.165) is 30.6 Å². The molecule has 0 spiro atoms. The van der Waals surface area contributed by atoms with Crippen LogP contribution in [0.5, 0.6) is 0 Å². The number of hydrogen-bond acceptors (Lipinski definition) is 5. The second-order valence-corrected chi connectivity index (χ2v) is 5.51. The fraction of sp³-hybridized carbons (Fsp3) is 0.524. The van der Waals surface area contributed by atoms with Crippen LogP contribution >= 0.6 is 0 Å². The maximum absolute atomic E-state index is 11.0. The highest BCUT2D eigenvalue weighted by atomic mass is 16.5. The lowest BCUT2D eigenvalue weighted by molar-refractivity contribution is -0.124. The normalized spacial score (nSPS) is 10.6. The average Bonchev–Trinajstić information content (AvgIpc) is 2.73. The zero-order chi connectivity index (χ0) is 21.8. The molecule has 1 aromatic heterocycles. The molecule has 0 aliphatic heterocycles. The van der Waals surface area contributed by atoms with Gasteiger partial charge < -0.3 is 10.5 Å². The van der Waals surface area contributed by atoms with E-state index in [9.17, 15) is 4.79 Å². The number of hydrogen-bond donors (Lipinski definition) is 3. The van der Waals surface area contributed by atoms with Crippen LogP contribution in [0.25, 0.3) is 11.9 Å². The molecule has 0 aromatic carbocycles. The molecule has 4 N–H and O–H groups in total. The highest BCUT2D eigenvalue weighted by Crippen LogP contribution is 2.02. The van der Waals surface area contributed by atoms with E-state index in [1.807, 2.05) is 32.9 Å². The van der Waals surface area contributed by atoms with E-state index in [2.05, 4.69) is 23.2 Å². The smallest absolute Gasteiger partial charge is 0.267 e. The predicted molar refractivity (Wildman–Crippen MR) is 116 cm³/mol. The van der Waals surface area contributed by atoms with Gasteiger partial charge in [0.25, 0.3) is 5.91 Å². The van der Waals surface area contributed by atoms with Crippen LogP contribution in [0.2, 0.25) is 0 Å². The van der Waals surface area contributed by atoms with Crippen LogP contribution in [0.3, 0.4) is 0 Å². The summed E-state index contributed by atoms with van der Waals surface area (Å²) in [5.74, 6) is -0.239. The summed E-state index contributed by atoms with van der Waals surface area (Å²) in [5, 5.41) is 8.45. The van der Waals surface area contributed by atoms with Crippen LogP contribution in [0.15, 0.2) is 36.0 Å². The summed E-state index contributed by atoms with van der Waals surface area (Å²) in [7, 11) is 1.68. The van der Waals surface area contributed by atoms with Crippen molar-refractivity contribution in [3.05, 3.63) is 42.0 Å². The fourth-order valence-electron chi connectivity index (χ4n) is 1.91. The van der Waals surface area contributed by atoms with Crippen molar-refractivity contribution >= 4 is 17.8 Å². The van der Waals surface area contributed by atoms with E-state index >= 15 is 0 Å². The summed E-state index contributed by atoms with van der Waals surface area (Å²) in [6.07, 6.45) is 9.16. The Morgan fingerprint density at radius 3 is 2.46 bits per heavy atom. The molecular weight excluding hydrogens is 356 g/mol. The molecule has 1 aromatic rings. The number of pyridine rings is 1. The average molecular weight is 395 g/mol. The first-order valence-corrected chi connectivity index (χ1v) is 9.79. The maximum Gasteiger partial charge on any atom is 0.267 e. The minimum atomic E-state index is -0.595. The molecule has 0 fully saturated rings. The third-order valence-corrected chi connectivity index (χ3v) is 3.37. The molecule has 0 saturated carbocycles. The summed E-state index contributed by atoms with van der Waals surface area (Å²) in [6.45, 7) is 13.4. The maximum atomic E-state index is 11.0. The van der Waals surface area contributed by atoms with Crippen molar-refractivity contribution in [1.29, 1.82) is 0 Å². The van der Waals surface area contributed by atoms with Gasteiger partial charge in [-0.1, -0.05) is 46.6 Å². The Bertz CT molecular complexity index is 635. The van der Waals surface area contributed by atoms with Crippen LogP contribution in [-0.2, 0) is 9.53 Å². The minimum Gasteiger partial charge on any atom is -0.385 e. The Labute approximate surface area is 169 Å². The van der Waals surface area contributed by atoms with Gasteiger partial charge in [-0.3, -0.25) is 19.6 Å². The SMILES string of the molecule is C=C(N)n1cc(/C=C/C(=O)NO)ccc1=NCCCCCC.CC.CCOC. The number of rotatable bonds is 9. The van der Waals surface area contributed by atoms with E-state index in [4.69, 9.17) is 10.9 Å². The Balaban J connectivity index is 0. The predicted octanol–water partition coefficient (Wildman–Crippen LogP) is 3.55. The number of carbonyl (C=O) groups excluding carboxylic acids is 1. The number of unbranched alkanes of at least 4 members (excludes halogenated alkanes) is 3. The first kappa shape index (κ1) is 27.8. The summed E-state index contributed by atoms with van der Waals surface area (Å²) in [5.41, 5.74) is 8.80. The van der Waals surface area contributed by atoms with E-state index in [1.54, 1.807) is 23.9 Å². The van der Waals surface area contributed by atoms with Crippen molar-refractivity contribution in [2.75, 3.05) is 20.3 Å². The van der Waals surface area contributed by atoms with Crippen molar-refractivity contribution in [3.8, 4) is 0 Å². The molecule has 0 unspecified atom stereocenters. The van der Waals surface area contributed by atoms with Gasteiger partial charge in [0.05, 0.1) is 0 Å².